The van der Waals surface area contributed by atoms with E-state index in [-0.39, 0.29) is 11.4 Å². The minimum Gasteiger partial charge on any atom is -0.506 e. The van der Waals surface area contributed by atoms with Crippen LogP contribution in [-0.4, -0.2) is 106 Å². The SMILES string of the molecule is C[C@@H]([C@H](N)C(=O)N[C@H](C(=O)N[C@@H](CCO)C(=O)O)[C@H]1O[C@@H](n2ccc(=O)[nH]c2=O)[C@H](O)[C@@H]1O)[C@H](O)c1ccc(O)cn1. The molecule has 1 aliphatic rings. The number of pyridine rings is 1. The molecular formula is C24H32N6O12. The Bertz CT molecular complexity index is 1380. The van der Waals surface area contributed by atoms with Crippen LogP contribution in [0.3, 0.4) is 0 Å². The third-order valence-corrected chi connectivity index (χ3v) is 6.78. The molecule has 0 radical (unpaired) electrons. The molecule has 0 aliphatic carbocycles. The van der Waals surface area contributed by atoms with Crippen molar-refractivity contribution < 1.29 is 49.8 Å². The highest BCUT2D eigenvalue weighted by atomic mass is 16.6. The third kappa shape index (κ3) is 7.16. The number of aliphatic hydroxyl groups excluding tert-OH is 4. The average Bonchev–Trinajstić information content (AvgIpc) is 3.23. The summed E-state index contributed by atoms with van der Waals surface area (Å²) in [5.74, 6) is -5.02. The number of aromatic hydroxyl groups is 1. The number of carbonyl (C=O) groups is 3. The molecule has 2 aromatic heterocycles. The molecule has 9 atom stereocenters. The van der Waals surface area contributed by atoms with Crippen LogP contribution in [0.5, 0.6) is 5.75 Å². The lowest BCUT2D eigenvalue weighted by Gasteiger charge is -2.30. The number of nitrogens with zero attached hydrogens (tertiary/aromatic N) is 2. The second kappa shape index (κ2) is 13.6. The molecule has 18 heteroatoms. The maximum Gasteiger partial charge on any atom is 0.330 e. The molecule has 18 nitrogen and oxygen atoms in total. The van der Waals surface area contributed by atoms with Gasteiger partial charge in [-0.3, -0.25) is 28.9 Å². The Morgan fingerprint density at radius 3 is 2.40 bits per heavy atom. The molecule has 3 rings (SSSR count). The molecule has 1 fully saturated rings. The van der Waals surface area contributed by atoms with Crippen LogP contribution in [0.4, 0.5) is 0 Å². The standard InChI is InChI=1S/C24H32N6O12/c1-9(16(34)11-3-2-10(32)8-26-11)14(25)20(37)29-15(21(38)27-12(5-7-31)23(39)40)19-17(35)18(36)22(42-19)30-6-4-13(33)28-24(30)41/h2-4,6,8-9,12,14-19,22,31-32,34-36H,5,7,25H2,1H3,(H,27,38)(H,29,37)(H,39,40)(H,28,33,41)/t9-,12-,14-,15-,16-,17-,18+,19+,22+/m0/s1. The van der Waals surface area contributed by atoms with E-state index in [9.17, 15) is 54.6 Å². The number of H-pyrrole nitrogens is 1. The lowest BCUT2D eigenvalue weighted by Crippen LogP contribution is -2.61. The van der Waals surface area contributed by atoms with Crippen LogP contribution in [0.15, 0.2) is 40.2 Å². The average molecular weight is 597 g/mol. The molecule has 2 amide bonds. The van der Waals surface area contributed by atoms with Crippen molar-refractivity contribution in [2.24, 2.45) is 11.7 Å². The second-order valence-electron chi connectivity index (χ2n) is 9.66. The van der Waals surface area contributed by atoms with Gasteiger partial charge in [-0.25, -0.2) is 9.59 Å². The van der Waals surface area contributed by atoms with Crippen LogP contribution in [0, 0.1) is 5.92 Å². The number of amides is 2. The Labute approximate surface area is 236 Å². The van der Waals surface area contributed by atoms with Crippen molar-refractivity contribution in [2.75, 3.05) is 6.61 Å². The molecule has 1 aliphatic heterocycles. The number of aliphatic carboxylic acids is 1. The van der Waals surface area contributed by atoms with Crippen LogP contribution in [0.1, 0.15) is 31.4 Å². The van der Waals surface area contributed by atoms with Gasteiger partial charge in [-0.1, -0.05) is 6.92 Å². The van der Waals surface area contributed by atoms with E-state index in [1.165, 1.54) is 19.1 Å². The number of aromatic nitrogens is 3. The van der Waals surface area contributed by atoms with Gasteiger partial charge in [0.1, 0.15) is 42.2 Å². The maximum atomic E-state index is 13.3. The van der Waals surface area contributed by atoms with E-state index in [0.717, 1.165) is 23.0 Å². The van der Waals surface area contributed by atoms with Gasteiger partial charge in [-0.15, -0.1) is 0 Å². The Kier molecular flexibility index (Phi) is 10.5. The lowest BCUT2D eigenvalue weighted by molar-refractivity contribution is -0.144. The zero-order valence-electron chi connectivity index (χ0n) is 22.1. The molecule has 2 aromatic rings. The summed E-state index contributed by atoms with van der Waals surface area (Å²) in [6.07, 6.45) is -7.04. The van der Waals surface area contributed by atoms with E-state index in [0.29, 0.717) is 0 Å². The highest BCUT2D eigenvalue weighted by Gasteiger charge is 2.50. The molecule has 3 heterocycles. The quantitative estimate of drug-likeness (QED) is 0.110. The van der Waals surface area contributed by atoms with Crippen molar-refractivity contribution in [3.05, 3.63) is 57.1 Å². The number of aromatic amines is 1. The predicted molar refractivity (Wildman–Crippen MR) is 138 cm³/mol. The molecular weight excluding hydrogens is 564 g/mol. The fourth-order valence-electron chi connectivity index (χ4n) is 4.29. The van der Waals surface area contributed by atoms with Gasteiger partial charge in [-0.2, -0.15) is 0 Å². The summed E-state index contributed by atoms with van der Waals surface area (Å²) in [6.45, 7) is 0.766. The summed E-state index contributed by atoms with van der Waals surface area (Å²) in [6, 6.07) is -1.59. The molecule has 0 unspecified atom stereocenters. The Morgan fingerprint density at radius 2 is 1.83 bits per heavy atom. The first-order valence-corrected chi connectivity index (χ1v) is 12.6. The number of carboxylic acid groups (broad SMARTS) is 1. The second-order valence-corrected chi connectivity index (χ2v) is 9.66. The van der Waals surface area contributed by atoms with E-state index in [4.69, 9.17) is 10.5 Å². The number of hydrogen-bond donors (Lipinski definition) is 10. The molecule has 230 valence electrons. The highest BCUT2D eigenvalue weighted by molar-refractivity contribution is 5.92. The van der Waals surface area contributed by atoms with Gasteiger partial charge >= 0.3 is 11.7 Å². The van der Waals surface area contributed by atoms with Crippen molar-refractivity contribution in [3.8, 4) is 5.75 Å². The Morgan fingerprint density at radius 1 is 1.14 bits per heavy atom. The van der Waals surface area contributed by atoms with Gasteiger partial charge in [0.15, 0.2) is 6.23 Å². The number of nitrogens with one attached hydrogen (secondary N) is 3. The van der Waals surface area contributed by atoms with Gasteiger partial charge in [0, 0.05) is 31.2 Å². The van der Waals surface area contributed by atoms with Crippen LogP contribution in [0.2, 0.25) is 0 Å². The van der Waals surface area contributed by atoms with Crippen LogP contribution in [-0.2, 0) is 19.1 Å². The van der Waals surface area contributed by atoms with Crippen molar-refractivity contribution in [3.63, 3.8) is 0 Å². The van der Waals surface area contributed by atoms with Gasteiger partial charge < -0.3 is 51.7 Å². The van der Waals surface area contributed by atoms with Crippen molar-refractivity contribution in [1.82, 2.24) is 25.2 Å². The van der Waals surface area contributed by atoms with Gasteiger partial charge in [-0.05, 0) is 12.1 Å². The summed E-state index contributed by atoms with van der Waals surface area (Å²) >= 11 is 0. The molecule has 1 saturated heterocycles. The summed E-state index contributed by atoms with van der Waals surface area (Å²) in [4.78, 5) is 67.5. The number of carbonyl (C=O) groups excluding carboxylic acids is 2. The molecule has 0 bridgehead atoms. The highest BCUT2D eigenvalue weighted by Crippen LogP contribution is 2.31. The van der Waals surface area contributed by atoms with E-state index in [1.807, 2.05) is 4.98 Å². The molecule has 11 N–H and O–H groups in total. The molecule has 0 aromatic carbocycles. The number of hydrogen-bond acceptors (Lipinski definition) is 13. The minimum absolute atomic E-state index is 0.0676. The smallest absolute Gasteiger partial charge is 0.330 e. The third-order valence-electron chi connectivity index (χ3n) is 6.78. The topological polar surface area (TPSA) is 300 Å². The first-order valence-electron chi connectivity index (χ1n) is 12.6. The van der Waals surface area contributed by atoms with Gasteiger partial charge in [0.05, 0.1) is 17.9 Å². The van der Waals surface area contributed by atoms with Gasteiger partial charge in [0.25, 0.3) is 5.56 Å². The first kappa shape index (κ1) is 32.3. The van der Waals surface area contributed by atoms with E-state index < -0.39 is 96.7 Å². The summed E-state index contributed by atoms with van der Waals surface area (Å²) < 4.78 is 6.32. The fraction of sp³-hybridized carbons (Fsp3) is 0.500. The number of nitrogens with two attached hydrogens (primary N) is 1. The first-order chi connectivity index (χ1) is 19.8. The minimum atomic E-state index is -1.94. The number of aliphatic hydroxyl groups is 4. The van der Waals surface area contributed by atoms with E-state index in [2.05, 4.69) is 15.6 Å². The predicted octanol–water partition coefficient (Wildman–Crippen LogP) is -4.61. The van der Waals surface area contributed by atoms with Crippen LogP contribution in [0.25, 0.3) is 0 Å². The normalized spacial score (nSPS) is 23.8. The number of ether oxygens (including phenoxy) is 1. The van der Waals surface area contributed by atoms with Crippen LogP contribution < -0.4 is 27.6 Å². The largest absolute Gasteiger partial charge is 0.506 e. The van der Waals surface area contributed by atoms with E-state index in [1.54, 1.807) is 0 Å². The molecule has 0 spiro atoms. The van der Waals surface area contributed by atoms with Crippen molar-refractivity contribution in [2.45, 2.75) is 62.1 Å². The Balaban J connectivity index is 1.89. The maximum absolute atomic E-state index is 13.3. The number of rotatable bonds is 12. The van der Waals surface area contributed by atoms with Gasteiger partial charge in [0.2, 0.25) is 11.8 Å². The van der Waals surface area contributed by atoms with E-state index >= 15 is 0 Å². The van der Waals surface area contributed by atoms with Crippen molar-refractivity contribution >= 4 is 17.8 Å². The molecule has 42 heavy (non-hydrogen) atoms. The number of carboxylic acids is 1. The fourth-order valence-corrected chi connectivity index (χ4v) is 4.29. The summed E-state index contributed by atoms with van der Waals surface area (Å²) in [5, 5.41) is 64.4. The van der Waals surface area contributed by atoms with Crippen LogP contribution >= 0.6 is 0 Å². The summed E-state index contributed by atoms with van der Waals surface area (Å²) in [5.41, 5.74) is 4.33. The zero-order valence-corrected chi connectivity index (χ0v) is 22.1. The zero-order chi connectivity index (χ0) is 31.3. The van der Waals surface area contributed by atoms with Crippen molar-refractivity contribution in [1.29, 1.82) is 0 Å². The summed E-state index contributed by atoms with van der Waals surface area (Å²) in [7, 11) is 0. The Hall–Kier alpha value is -4.20. The molecule has 0 saturated carbocycles. The lowest BCUT2D eigenvalue weighted by atomic mass is 9.92. The monoisotopic (exact) mass is 596 g/mol.